The lowest BCUT2D eigenvalue weighted by Crippen LogP contribution is -2.48. The molecule has 2 bridgehead atoms. The number of rotatable bonds is 5. The van der Waals surface area contributed by atoms with E-state index >= 15 is 0 Å². The Kier molecular flexibility index (Phi) is 4.36. The number of nitrogens with zero attached hydrogens (tertiary/aromatic N) is 1. The Bertz CT molecular complexity index is 478. The van der Waals surface area contributed by atoms with Crippen molar-refractivity contribution < 1.29 is 9.47 Å². The number of benzene rings is 1. The fraction of sp³-hybridized carbons (Fsp3) is 0.647. The van der Waals surface area contributed by atoms with Crippen molar-refractivity contribution >= 4 is 0 Å². The topological polar surface area (TPSA) is 47.7 Å². The van der Waals surface area contributed by atoms with Crippen LogP contribution in [0.2, 0.25) is 0 Å². The highest BCUT2D eigenvalue weighted by atomic mass is 16.5. The Labute approximate surface area is 127 Å². The number of nitrogens with two attached hydrogens (primary N) is 1. The Balaban J connectivity index is 1.63. The van der Waals surface area contributed by atoms with Gasteiger partial charge in [0.15, 0.2) is 11.5 Å². The van der Waals surface area contributed by atoms with Crippen LogP contribution >= 0.6 is 0 Å². The summed E-state index contributed by atoms with van der Waals surface area (Å²) in [5.41, 5.74) is 7.45. The molecule has 0 radical (unpaired) electrons. The lowest BCUT2D eigenvalue weighted by atomic mass is 9.97. The molecular formula is C17H26N2O2. The van der Waals surface area contributed by atoms with E-state index in [1.54, 1.807) is 14.2 Å². The van der Waals surface area contributed by atoms with E-state index in [0.717, 1.165) is 24.5 Å². The van der Waals surface area contributed by atoms with Crippen molar-refractivity contribution in [2.75, 3.05) is 20.8 Å². The highest BCUT2D eigenvalue weighted by Gasteiger charge is 2.38. The van der Waals surface area contributed by atoms with Crippen LogP contribution in [0.1, 0.15) is 31.2 Å². The van der Waals surface area contributed by atoms with E-state index in [-0.39, 0.29) is 0 Å². The first-order valence-corrected chi connectivity index (χ1v) is 7.93. The summed E-state index contributed by atoms with van der Waals surface area (Å²) in [6, 6.07) is 8.06. The van der Waals surface area contributed by atoms with Crippen molar-refractivity contribution in [2.45, 2.75) is 50.2 Å². The Morgan fingerprint density at radius 2 is 1.76 bits per heavy atom. The summed E-state index contributed by atoms with van der Waals surface area (Å²) in [4.78, 5) is 2.68. The van der Waals surface area contributed by atoms with Crippen molar-refractivity contribution in [3.05, 3.63) is 23.8 Å². The predicted molar refractivity (Wildman–Crippen MR) is 84.0 cm³/mol. The number of ether oxygens (including phenoxy) is 2. The molecule has 4 heteroatoms. The third-order valence-electron chi connectivity index (χ3n) is 5.03. The molecule has 21 heavy (non-hydrogen) atoms. The second-order valence-electron chi connectivity index (χ2n) is 6.29. The monoisotopic (exact) mass is 290 g/mol. The minimum absolute atomic E-state index is 0.417. The number of fused-ring (bicyclic) bond motifs is 2. The van der Waals surface area contributed by atoms with Crippen LogP contribution in [0.4, 0.5) is 0 Å². The summed E-state index contributed by atoms with van der Waals surface area (Å²) in [6.07, 6.45) is 6.04. The fourth-order valence-corrected chi connectivity index (χ4v) is 3.98. The van der Waals surface area contributed by atoms with Crippen molar-refractivity contribution in [2.24, 2.45) is 5.73 Å². The third-order valence-corrected chi connectivity index (χ3v) is 5.03. The van der Waals surface area contributed by atoms with Crippen LogP contribution in [0.3, 0.4) is 0 Å². The van der Waals surface area contributed by atoms with Gasteiger partial charge in [0.05, 0.1) is 14.2 Å². The molecule has 4 nitrogen and oxygen atoms in total. The predicted octanol–water partition coefficient (Wildman–Crippen LogP) is 2.20. The molecule has 2 N–H and O–H groups in total. The molecule has 2 saturated heterocycles. The average Bonchev–Trinajstić information content (AvgIpc) is 2.74. The van der Waals surface area contributed by atoms with Crippen LogP contribution in [0.25, 0.3) is 0 Å². The van der Waals surface area contributed by atoms with Crippen molar-refractivity contribution in [1.29, 1.82) is 0 Å². The van der Waals surface area contributed by atoms with Crippen molar-refractivity contribution in [1.82, 2.24) is 4.90 Å². The summed E-state index contributed by atoms with van der Waals surface area (Å²) in [5.74, 6) is 1.61. The van der Waals surface area contributed by atoms with Gasteiger partial charge < -0.3 is 15.2 Å². The van der Waals surface area contributed by atoms with Gasteiger partial charge in [0, 0.05) is 24.7 Å². The van der Waals surface area contributed by atoms with Gasteiger partial charge in [-0.1, -0.05) is 6.07 Å². The summed E-state index contributed by atoms with van der Waals surface area (Å²) < 4.78 is 10.7. The van der Waals surface area contributed by atoms with E-state index in [1.165, 1.54) is 31.2 Å². The van der Waals surface area contributed by atoms with Gasteiger partial charge in [-0.05, 0) is 49.8 Å². The van der Waals surface area contributed by atoms with E-state index in [1.807, 2.05) is 6.07 Å². The number of methoxy groups -OCH3 is 2. The van der Waals surface area contributed by atoms with Crippen molar-refractivity contribution in [3.63, 3.8) is 0 Å². The minimum Gasteiger partial charge on any atom is -0.493 e. The standard InChI is InChI=1S/C17H26N2O2/c1-20-16-6-3-12(9-17(16)21-2)7-8-19-14-4-5-15(19)11-13(18)10-14/h3,6,9,13-15H,4-5,7-8,10-11,18H2,1-2H3. The fourth-order valence-electron chi connectivity index (χ4n) is 3.98. The second kappa shape index (κ2) is 6.24. The molecule has 0 aromatic heterocycles. The minimum atomic E-state index is 0.417. The van der Waals surface area contributed by atoms with Gasteiger partial charge in [-0.3, -0.25) is 4.90 Å². The van der Waals surface area contributed by atoms with Gasteiger partial charge in [0.2, 0.25) is 0 Å². The molecule has 2 unspecified atom stereocenters. The number of hydrogen-bond donors (Lipinski definition) is 1. The van der Waals surface area contributed by atoms with E-state index in [4.69, 9.17) is 15.2 Å². The van der Waals surface area contributed by atoms with Crippen LogP contribution in [0, 0.1) is 0 Å². The summed E-state index contributed by atoms with van der Waals surface area (Å²) in [6.45, 7) is 1.12. The first-order valence-electron chi connectivity index (χ1n) is 7.93. The maximum Gasteiger partial charge on any atom is 0.160 e. The Morgan fingerprint density at radius 3 is 2.38 bits per heavy atom. The molecular weight excluding hydrogens is 264 g/mol. The Morgan fingerprint density at radius 1 is 1.10 bits per heavy atom. The zero-order chi connectivity index (χ0) is 14.8. The molecule has 0 saturated carbocycles. The molecule has 2 heterocycles. The molecule has 3 rings (SSSR count). The smallest absolute Gasteiger partial charge is 0.160 e. The highest BCUT2D eigenvalue weighted by molar-refractivity contribution is 5.42. The lowest BCUT2D eigenvalue weighted by Gasteiger charge is -2.37. The van der Waals surface area contributed by atoms with Crippen LogP contribution in [0.15, 0.2) is 18.2 Å². The maximum atomic E-state index is 6.14. The molecule has 0 aliphatic carbocycles. The summed E-state index contributed by atoms with van der Waals surface area (Å²) in [5, 5.41) is 0. The quantitative estimate of drug-likeness (QED) is 0.903. The van der Waals surface area contributed by atoms with E-state index in [9.17, 15) is 0 Å². The number of piperidine rings is 1. The largest absolute Gasteiger partial charge is 0.493 e. The third kappa shape index (κ3) is 3.01. The molecule has 0 spiro atoms. The van der Waals surface area contributed by atoms with Gasteiger partial charge in [-0.25, -0.2) is 0 Å². The lowest BCUT2D eigenvalue weighted by molar-refractivity contribution is 0.129. The summed E-state index contributed by atoms with van der Waals surface area (Å²) in [7, 11) is 3.36. The van der Waals surface area contributed by atoms with Crippen LogP contribution in [0.5, 0.6) is 11.5 Å². The summed E-state index contributed by atoms with van der Waals surface area (Å²) >= 11 is 0. The molecule has 2 atom stereocenters. The van der Waals surface area contributed by atoms with Crippen LogP contribution in [-0.4, -0.2) is 43.8 Å². The van der Waals surface area contributed by atoms with Gasteiger partial charge >= 0.3 is 0 Å². The van der Waals surface area contributed by atoms with Crippen LogP contribution < -0.4 is 15.2 Å². The van der Waals surface area contributed by atoms with Crippen molar-refractivity contribution in [3.8, 4) is 11.5 Å². The SMILES string of the molecule is COc1ccc(CCN2C3CCC2CC(N)C3)cc1OC. The second-order valence-corrected chi connectivity index (χ2v) is 6.29. The Hall–Kier alpha value is -1.26. The van der Waals surface area contributed by atoms with E-state index in [0.29, 0.717) is 18.1 Å². The van der Waals surface area contributed by atoms with Gasteiger partial charge in [0.25, 0.3) is 0 Å². The molecule has 116 valence electrons. The molecule has 1 aromatic rings. The van der Waals surface area contributed by atoms with Gasteiger partial charge in [0.1, 0.15) is 0 Å². The molecule has 2 fully saturated rings. The van der Waals surface area contributed by atoms with Gasteiger partial charge in [-0.15, -0.1) is 0 Å². The van der Waals surface area contributed by atoms with Crippen LogP contribution in [-0.2, 0) is 6.42 Å². The number of hydrogen-bond acceptors (Lipinski definition) is 4. The van der Waals surface area contributed by atoms with E-state index < -0.39 is 0 Å². The first kappa shape index (κ1) is 14.7. The normalized spacial score (nSPS) is 28.6. The zero-order valence-corrected chi connectivity index (χ0v) is 13.0. The van der Waals surface area contributed by atoms with Gasteiger partial charge in [-0.2, -0.15) is 0 Å². The zero-order valence-electron chi connectivity index (χ0n) is 13.0. The highest BCUT2D eigenvalue weighted by Crippen LogP contribution is 2.35. The molecule has 2 aliphatic rings. The van der Waals surface area contributed by atoms with E-state index in [2.05, 4.69) is 17.0 Å². The molecule has 1 aromatic carbocycles. The molecule has 0 amide bonds. The molecule has 2 aliphatic heterocycles. The first-order chi connectivity index (χ1) is 10.2. The maximum absolute atomic E-state index is 6.14. The average molecular weight is 290 g/mol.